The first-order valence-corrected chi connectivity index (χ1v) is 10.9. The largest absolute Gasteiger partial charge is 0.462 e. The van der Waals surface area contributed by atoms with Crippen LogP contribution in [0.25, 0.3) is 0 Å². The van der Waals surface area contributed by atoms with Crippen LogP contribution in [0.1, 0.15) is 79.1 Å². The Morgan fingerprint density at radius 2 is 1.17 bits per heavy atom. The molecule has 4 atom stereocenters. The highest BCUT2D eigenvalue weighted by molar-refractivity contribution is 5.72. The molecule has 172 valence electrons. The van der Waals surface area contributed by atoms with Gasteiger partial charge in [-0.05, 0) is 12.8 Å². The Bertz CT molecular complexity index is 523. The van der Waals surface area contributed by atoms with E-state index in [1.54, 1.807) is 0 Å². The molecular weight excluding hydrogens is 392 g/mol. The normalized spacial score (nSPS) is 25.1. The average molecular weight is 429 g/mol. The van der Waals surface area contributed by atoms with Crippen LogP contribution >= 0.6 is 0 Å². The van der Waals surface area contributed by atoms with Crippen molar-refractivity contribution < 1.29 is 38.1 Å². The summed E-state index contributed by atoms with van der Waals surface area (Å²) in [5.41, 5.74) is 0. The molecule has 2 heterocycles. The molecule has 0 radical (unpaired) electrons. The maximum absolute atomic E-state index is 11.1. The Kier molecular flexibility index (Phi) is 12.1. The Morgan fingerprint density at radius 3 is 1.47 bits per heavy atom. The average Bonchev–Trinajstić information content (AvgIpc) is 3.23. The summed E-state index contributed by atoms with van der Waals surface area (Å²) >= 11 is 0. The molecule has 2 aliphatic heterocycles. The first kappa shape index (κ1) is 25.9. The predicted molar refractivity (Wildman–Crippen MR) is 108 cm³/mol. The molecule has 0 spiro atoms. The van der Waals surface area contributed by atoms with Crippen molar-refractivity contribution in [2.45, 2.75) is 91.3 Å². The van der Waals surface area contributed by atoms with E-state index in [0.29, 0.717) is 12.8 Å². The quantitative estimate of drug-likeness (QED) is 0.385. The topological polar surface area (TPSA) is 105 Å². The van der Waals surface area contributed by atoms with Crippen molar-refractivity contribution in [2.75, 3.05) is 13.2 Å². The van der Waals surface area contributed by atoms with E-state index in [1.165, 1.54) is 13.8 Å². The first-order valence-electron chi connectivity index (χ1n) is 10.9. The van der Waals surface area contributed by atoms with Crippen LogP contribution in [0.2, 0.25) is 0 Å². The van der Waals surface area contributed by atoms with Crippen LogP contribution in [-0.2, 0) is 38.1 Å². The van der Waals surface area contributed by atoms with E-state index >= 15 is 0 Å². The fourth-order valence-corrected chi connectivity index (χ4v) is 3.57. The molecule has 2 rings (SSSR count). The van der Waals surface area contributed by atoms with Gasteiger partial charge in [-0.2, -0.15) is 0 Å². The number of rotatable bonds is 10. The number of hydrogen-bond donors (Lipinski definition) is 0. The molecule has 8 nitrogen and oxygen atoms in total. The summed E-state index contributed by atoms with van der Waals surface area (Å²) < 4.78 is 19.9. The van der Waals surface area contributed by atoms with Crippen LogP contribution in [0.15, 0.2) is 0 Å². The monoisotopic (exact) mass is 428 g/mol. The molecule has 2 aliphatic rings. The number of hydrogen-bond acceptors (Lipinski definition) is 8. The van der Waals surface area contributed by atoms with Crippen molar-refractivity contribution in [3.63, 3.8) is 0 Å². The molecule has 0 aromatic heterocycles. The molecule has 0 aliphatic carbocycles. The Balaban J connectivity index is 0.000000300. The number of carbonyl (C=O) groups is 4. The van der Waals surface area contributed by atoms with Gasteiger partial charge in [0.1, 0.15) is 25.4 Å². The number of ether oxygens (including phenoxy) is 4. The van der Waals surface area contributed by atoms with Crippen LogP contribution in [-0.4, -0.2) is 49.3 Å². The van der Waals surface area contributed by atoms with Crippen molar-refractivity contribution in [3.8, 4) is 0 Å². The zero-order valence-electron chi connectivity index (χ0n) is 18.6. The van der Waals surface area contributed by atoms with Crippen molar-refractivity contribution >= 4 is 23.9 Å². The summed E-state index contributed by atoms with van der Waals surface area (Å²) in [5, 5.41) is 0. The Morgan fingerprint density at radius 1 is 0.800 bits per heavy atom. The lowest BCUT2D eigenvalue weighted by atomic mass is 9.95. The molecule has 8 heteroatoms. The lowest BCUT2D eigenvalue weighted by molar-refractivity contribution is -0.152. The minimum atomic E-state index is -0.327. The Labute approximate surface area is 178 Å². The highest BCUT2D eigenvalue weighted by atomic mass is 16.6. The third-order valence-corrected chi connectivity index (χ3v) is 5.23. The molecule has 0 N–H and O–H groups in total. The molecule has 0 amide bonds. The number of carbonyl (C=O) groups excluding carboxylic acids is 4. The molecule has 0 aromatic carbocycles. The summed E-state index contributed by atoms with van der Waals surface area (Å²) in [7, 11) is 0. The second kappa shape index (κ2) is 14.0. The summed E-state index contributed by atoms with van der Waals surface area (Å²) in [6.45, 7) is 7.35. The molecule has 0 bridgehead atoms. The van der Waals surface area contributed by atoms with Crippen LogP contribution in [0, 0.1) is 11.8 Å². The lowest BCUT2D eigenvalue weighted by Gasteiger charge is -2.16. The van der Waals surface area contributed by atoms with E-state index in [4.69, 9.17) is 18.9 Å². The molecule has 0 unspecified atom stereocenters. The van der Waals surface area contributed by atoms with Crippen LogP contribution in [0.4, 0.5) is 0 Å². The predicted octanol–water partition coefficient (Wildman–Crippen LogP) is 3.34. The standard InChI is InChI=1S/2C11H18O4/c2*1-3-4-5-9-6-11(13)15-10(9)7-14-8(2)12/h2*9-10H,3-7H2,1-2H3/t9-,10+;9-,10-/m00/s1. The summed E-state index contributed by atoms with van der Waals surface area (Å²) in [5.74, 6) is -0.561. The summed E-state index contributed by atoms with van der Waals surface area (Å²) in [4.78, 5) is 43.5. The smallest absolute Gasteiger partial charge is 0.306 e. The van der Waals surface area contributed by atoms with Crippen molar-refractivity contribution in [2.24, 2.45) is 11.8 Å². The van der Waals surface area contributed by atoms with E-state index in [1.807, 2.05) is 0 Å². The van der Waals surface area contributed by atoms with E-state index in [9.17, 15) is 19.2 Å². The van der Waals surface area contributed by atoms with Crippen molar-refractivity contribution in [3.05, 3.63) is 0 Å². The maximum Gasteiger partial charge on any atom is 0.306 e. The zero-order valence-corrected chi connectivity index (χ0v) is 18.6. The second-order valence-corrected chi connectivity index (χ2v) is 7.87. The van der Waals surface area contributed by atoms with E-state index in [-0.39, 0.29) is 61.1 Å². The first-order chi connectivity index (χ1) is 14.3. The van der Waals surface area contributed by atoms with Crippen LogP contribution in [0.3, 0.4) is 0 Å². The molecular formula is C22H36O8. The van der Waals surface area contributed by atoms with Gasteiger partial charge in [-0.3, -0.25) is 19.2 Å². The highest BCUT2D eigenvalue weighted by Crippen LogP contribution is 2.28. The lowest BCUT2D eigenvalue weighted by Crippen LogP contribution is -2.23. The van der Waals surface area contributed by atoms with Gasteiger partial charge in [0.2, 0.25) is 0 Å². The fourth-order valence-electron chi connectivity index (χ4n) is 3.57. The SMILES string of the molecule is CCCC[C@H]1CC(=O)O[C@@H]1COC(C)=O.CCCC[C@H]1CC(=O)O[C@H]1COC(C)=O. The summed E-state index contributed by atoms with van der Waals surface area (Å²) in [6.07, 6.45) is 6.77. The van der Waals surface area contributed by atoms with E-state index in [0.717, 1.165) is 38.5 Å². The van der Waals surface area contributed by atoms with E-state index < -0.39 is 0 Å². The van der Waals surface area contributed by atoms with Gasteiger partial charge in [-0.15, -0.1) is 0 Å². The summed E-state index contributed by atoms with van der Waals surface area (Å²) in [6, 6.07) is 0. The minimum Gasteiger partial charge on any atom is -0.462 e. The second-order valence-electron chi connectivity index (χ2n) is 7.87. The molecule has 2 saturated heterocycles. The highest BCUT2D eigenvalue weighted by Gasteiger charge is 2.35. The molecule has 0 aromatic rings. The number of esters is 4. The third-order valence-electron chi connectivity index (χ3n) is 5.23. The van der Waals surface area contributed by atoms with Crippen molar-refractivity contribution in [1.29, 1.82) is 0 Å². The van der Waals surface area contributed by atoms with Gasteiger partial charge in [-0.25, -0.2) is 0 Å². The minimum absolute atomic E-state index is 0.173. The van der Waals surface area contributed by atoms with Crippen LogP contribution < -0.4 is 0 Å². The van der Waals surface area contributed by atoms with Gasteiger partial charge in [0, 0.05) is 25.7 Å². The van der Waals surface area contributed by atoms with E-state index in [2.05, 4.69) is 13.8 Å². The van der Waals surface area contributed by atoms with Crippen LogP contribution in [0.5, 0.6) is 0 Å². The van der Waals surface area contributed by atoms with Gasteiger partial charge in [0.05, 0.1) is 12.8 Å². The number of cyclic esters (lactones) is 2. The fraction of sp³-hybridized carbons (Fsp3) is 0.818. The van der Waals surface area contributed by atoms with Gasteiger partial charge < -0.3 is 18.9 Å². The molecule has 30 heavy (non-hydrogen) atoms. The van der Waals surface area contributed by atoms with Gasteiger partial charge in [0.15, 0.2) is 0 Å². The van der Waals surface area contributed by atoms with Gasteiger partial charge in [0.25, 0.3) is 0 Å². The molecule has 2 fully saturated rings. The maximum atomic E-state index is 11.1. The Hall–Kier alpha value is -2.12. The van der Waals surface area contributed by atoms with Crippen molar-refractivity contribution in [1.82, 2.24) is 0 Å². The third kappa shape index (κ3) is 10.1. The molecule has 0 saturated carbocycles. The van der Waals surface area contributed by atoms with Gasteiger partial charge in [-0.1, -0.05) is 39.5 Å². The zero-order chi connectivity index (χ0) is 22.5. The number of unbranched alkanes of at least 4 members (excludes halogenated alkanes) is 2. The van der Waals surface area contributed by atoms with Gasteiger partial charge >= 0.3 is 23.9 Å².